The number of hydrogen-bond acceptors (Lipinski definition) is 5. The molecule has 3 rings (SSSR count). The smallest absolute Gasteiger partial charge is 0.319 e. The first-order valence-corrected chi connectivity index (χ1v) is 8.97. The third-order valence-corrected chi connectivity index (χ3v) is 4.03. The Balaban J connectivity index is 1.55. The van der Waals surface area contributed by atoms with E-state index in [1.807, 2.05) is 42.8 Å². The minimum absolute atomic E-state index is 0.243. The van der Waals surface area contributed by atoms with Gasteiger partial charge in [-0.3, -0.25) is 5.10 Å². The predicted octanol–water partition coefficient (Wildman–Crippen LogP) is 2.59. The Bertz CT molecular complexity index is 883. The van der Waals surface area contributed by atoms with Crippen molar-refractivity contribution in [2.75, 3.05) is 5.32 Å². The number of rotatable bonds is 7. The number of aromatic nitrogens is 6. The number of amides is 2. The molecule has 0 saturated heterocycles. The van der Waals surface area contributed by atoms with Gasteiger partial charge in [-0.2, -0.15) is 10.2 Å². The van der Waals surface area contributed by atoms with Gasteiger partial charge in [0.2, 0.25) is 0 Å². The van der Waals surface area contributed by atoms with Crippen molar-refractivity contribution in [3.05, 3.63) is 53.6 Å². The van der Waals surface area contributed by atoms with Crippen molar-refractivity contribution in [2.45, 2.75) is 46.2 Å². The van der Waals surface area contributed by atoms with E-state index in [1.165, 1.54) is 6.33 Å². The fourth-order valence-electron chi connectivity index (χ4n) is 2.78. The van der Waals surface area contributed by atoms with Gasteiger partial charge in [-0.05, 0) is 38.0 Å². The summed E-state index contributed by atoms with van der Waals surface area (Å²) in [5.41, 5.74) is 1.78. The highest BCUT2D eigenvalue weighted by molar-refractivity contribution is 5.89. The van der Waals surface area contributed by atoms with Crippen molar-refractivity contribution in [3.63, 3.8) is 0 Å². The summed E-state index contributed by atoms with van der Waals surface area (Å²) in [4.78, 5) is 20.8. The molecule has 0 radical (unpaired) electrons. The highest BCUT2D eigenvalue weighted by atomic mass is 16.2. The molecule has 9 nitrogen and oxygen atoms in total. The van der Waals surface area contributed by atoms with E-state index in [9.17, 15) is 4.79 Å². The normalized spacial score (nSPS) is 12.0. The second-order valence-corrected chi connectivity index (χ2v) is 6.37. The van der Waals surface area contributed by atoms with Crippen molar-refractivity contribution in [3.8, 4) is 0 Å². The number of benzene rings is 1. The molecule has 0 aliphatic heterocycles. The van der Waals surface area contributed by atoms with Crippen molar-refractivity contribution in [2.24, 2.45) is 0 Å². The molecule has 0 fully saturated rings. The maximum Gasteiger partial charge on any atom is 0.319 e. The number of anilines is 1. The Morgan fingerprint density at radius 1 is 1.30 bits per heavy atom. The zero-order chi connectivity index (χ0) is 19.2. The van der Waals surface area contributed by atoms with Crippen LogP contribution in [0.25, 0.3) is 0 Å². The zero-order valence-corrected chi connectivity index (χ0v) is 15.7. The van der Waals surface area contributed by atoms with Crippen molar-refractivity contribution >= 4 is 11.7 Å². The summed E-state index contributed by atoms with van der Waals surface area (Å²) in [5.74, 6) is 2.28. The highest BCUT2D eigenvalue weighted by Gasteiger charge is 2.15. The topological polar surface area (TPSA) is 113 Å². The molecule has 0 unspecified atom stereocenters. The van der Waals surface area contributed by atoms with Crippen LogP contribution in [0.2, 0.25) is 0 Å². The summed E-state index contributed by atoms with van der Waals surface area (Å²) in [5, 5.41) is 16.9. The fourth-order valence-corrected chi connectivity index (χ4v) is 2.78. The van der Waals surface area contributed by atoms with Gasteiger partial charge in [0.1, 0.15) is 18.0 Å². The minimum Gasteiger partial charge on any atom is -0.328 e. The van der Waals surface area contributed by atoms with Crippen LogP contribution in [0.5, 0.6) is 0 Å². The van der Waals surface area contributed by atoms with E-state index >= 15 is 0 Å². The molecule has 0 spiro atoms. The minimum atomic E-state index is -0.286. The van der Waals surface area contributed by atoms with Crippen molar-refractivity contribution in [1.29, 1.82) is 0 Å². The Kier molecular flexibility index (Phi) is 5.80. The van der Waals surface area contributed by atoms with Gasteiger partial charge in [-0.1, -0.05) is 19.1 Å². The Morgan fingerprint density at radius 3 is 2.74 bits per heavy atom. The molecule has 27 heavy (non-hydrogen) atoms. The molecule has 2 aromatic heterocycles. The number of aryl methyl sites for hydroxylation is 2. The van der Waals surface area contributed by atoms with Gasteiger partial charge < -0.3 is 10.6 Å². The van der Waals surface area contributed by atoms with Crippen LogP contribution in [-0.2, 0) is 13.0 Å². The molecule has 142 valence electrons. The van der Waals surface area contributed by atoms with Crippen LogP contribution < -0.4 is 10.6 Å². The van der Waals surface area contributed by atoms with Crippen LogP contribution >= 0.6 is 0 Å². The standard InChI is InChI=1S/C18H24N8O/c1-4-9-26-17(19-11-20-26)12(2)21-18(27)23-15-7-5-14(6-8-15)10-16-22-13(3)24-25-16/h5-8,11-12H,4,9-10H2,1-3H3,(H2,21,23,27)(H,22,24,25)/t12-/m1/s1. The van der Waals surface area contributed by atoms with Gasteiger partial charge in [0.25, 0.3) is 0 Å². The molecule has 0 aliphatic carbocycles. The van der Waals surface area contributed by atoms with Gasteiger partial charge in [-0.15, -0.1) is 0 Å². The van der Waals surface area contributed by atoms with Crippen LogP contribution in [0, 0.1) is 6.92 Å². The lowest BCUT2D eigenvalue weighted by atomic mass is 10.1. The lowest BCUT2D eigenvalue weighted by Gasteiger charge is -2.15. The number of aromatic amines is 1. The fraction of sp³-hybridized carbons (Fsp3) is 0.389. The van der Waals surface area contributed by atoms with Gasteiger partial charge in [0, 0.05) is 18.7 Å². The summed E-state index contributed by atoms with van der Waals surface area (Å²) in [6, 6.07) is 7.08. The summed E-state index contributed by atoms with van der Waals surface area (Å²) < 4.78 is 1.81. The number of nitrogens with zero attached hydrogens (tertiary/aromatic N) is 5. The largest absolute Gasteiger partial charge is 0.328 e. The first-order valence-electron chi connectivity index (χ1n) is 8.97. The Hall–Kier alpha value is -3.23. The molecule has 1 aromatic carbocycles. The van der Waals surface area contributed by atoms with Crippen LogP contribution in [-0.4, -0.2) is 36.0 Å². The number of hydrogen-bond donors (Lipinski definition) is 3. The van der Waals surface area contributed by atoms with Gasteiger partial charge in [0.05, 0.1) is 6.04 Å². The molecular formula is C18H24N8O. The summed E-state index contributed by atoms with van der Waals surface area (Å²) in [7, 11) is 0. The van der Waals surface area contributed by atoms with Crippen LogP contribution in [0.15, 0.2) is 30.6 Å². The van der Waals surface area contributed by atoms with Gasteiger partial charge >= 0.3 is 6.03 Å². The Labute approximate surface area is 157 Å². The average Bonchev–Trinajstić information content (AvgIpc) is 3.26. The van der Waals surface area contributed by atoms with E-state index in [2.05, 4.69) is 42.8 Å². The van der Waals surface area contributed by atoms with E-state index in [0.29, 0.717) is 12.1 Å². The average molecular weight is 368 g/mol. The van der Waals surface area contributed by atoms with E-state index < -0.39 is 0 Å². The molecule has 2 amide bonds. The van der Waals surface area contributed by atoms with E-state index in [-0.39, 0.29) is 12.1 Å². The molecule has 2 heterocycles. The van der Waals surface area contributed by atoms with E-state index in [0.717, 1.165) is 36.0 Å². The molecule has 9 heteroatoms. The maximum absolute atomic E-state index is 12.3. The number of carbonyl (C=O) groups is 1. The number of carbonyl (C=O) groups excluding carboxylic acids is 1. The SMILES string of the molecule is CCCn1ncnc1[C@@H](C)NC(=O)Nc1ccc(Cc2n[nH]c(C)n2)cc1. The molecule has 3 aromatic rings. The molecule has 0 aliphatic rings. The maximum atomic E-state index is 12.3. The van der Waals surface area contributed by atoms with Crippen molar-refractivity contribution < 1.29 is 4.79 Å². The number of H-pyrrole nitrogens is 1. The highest BCUT2D eigenvalue weighted by Crippen LogP contribution is 2.13. The molecule has 3 N–H and O–H groups in total. The predicted molar refractivity (Wildman–Crippen MR) is 101 cm³/mol. The summed E-state index contributed by atoms with van der Waals surface area (Å²) in [6.45, 7) is 6.60. The monoisotopic (exact) mass is 368 g/mol. The van der Waals surface area contributed by atoms with Crippen LogP contribution in [0.1, 0.15) is 49.3 Å². The first kappa shape index (κ1) is 18.6. The lowest BCUT2D eigenvalue weighted by Crippen LogP contribution is -2.32. The molecular weight excluding hydrogens is 344 g/mol. The van der Waals surface area contributed by atoms with E-state index in [1.54, 1.807) is 0 Å². The first-order chi connectivity index (χ1) is 13.0. The summed E-state index contributed by atoms with van der Waals surface area (Å²) >= 11 is 0. The Morgan fingerprint density at radius 2 is 2.07 bits per heavy atom. The molecule has 1 atom stereocenters. The molecule has 0 bridgehead atoms. The second-order valence-electron chi connectivity index (χ2n) is 6.37. The van der Waals surface area contributed by atoms with Crippen LogP contribution in [0.4, 0.5) is 10.5 Å². The second kappa shape index (κ2) is 8.43. The number of urea groups is 1. The van der Waals surface area contributed by atoms with Gasteiger partial charge in [0.15, 0.2) is 5.82 Å². The van der Waals surface area contributed by atoms with E-state index in [4.69, 9.17) is 0 Å². The quantitative estimate of drug-likeness (QED) is 0.593. The van der Waals surface area contributed by atoms with Crippen molar-refractivity contribution in [1.82, 2.24) is 35.3 Å². The van der Waals surface area contributed by atoms with Gasteiger partial charge in [-0.25, -0.2) is 19.4 Å². The summed E-state index contributed by atoms with van der Waals surface area (Å²) in [6.07, 6.45) is 3.10. The zero-order valence-electron chi connectivity index (χ0n) is 15.7. The number of nitrogens with one attached hydrogen (secondary N) is 3. The third kappa shape index (κ3) is 4.90. The third-order valence-electron chi connectivity index (χ3n) is 4.03. The van der Waals surface area contributed by atoms with Crippen LogP contribution in [0.3, 0.4) is 0 Å². The molecule has 0 saturated carbocycles. The lowest BCUT2D eigenvalue weighted by molar-refractivity contribution is 0.248.